The van der Waals surface area contributed by atoms with E-state index in [9.17, 15) is 0 Å². The molecule has 0 bridgehead atoms. The maximum Gasteiger partial charge on any atom is 0.0233 e. The summed E-state index contributed by atoms with van der Waals surface area (Å²) in [6.07, 6.45) is 7.84. The van der Waals surface area contributed by atoms with E-state index in [-0.39, 0.29) is 0 Å². The van der Waals surface area contributed by atoms with Crippen molar-refractivity contribution in [2.75, 3.05) is 13.6 Å². The summed E-state index contributed by atoms with van der Waals surface area (Å²) < 4.78 is 0. The zero-order valence-corrected chi connectivity index (χ0v) is 13.1. The van der Waals surface area contributed by atoms with Crippen molar-refractivity contribution in [3.63, 3.8) is 0 Å². The molecule has 20 heavy (non-hydrogen) atoms. The second kappa shape index (κ2) is 7.80. The van der Waals surface area contributed by atoms with Crippen LogP contribution in [-0.2, 0) is 13.0 Å². The summed E-state index contributed by atoms with van der Waals surface area (Å²) in [5, 5.41) is 0. The first-order valence-corrected chi connectivity index (χ1v) is 8.22. The normalized spacial score (nSPS) is 23.8. The van der Waals surface area contributed by atoms with Crippen LogP contribution in [0.1, 0.15) is 50.2 Å². The van der Waals surface area contributed by atoms with Crippen LogP contribution in [0.4, 0.5) is 0 Å². The van der Waals surface area contributed by atoms with Gasteiger partial charge in [-0.2, -0.15) is 0 Å². The summed E-state index contributed by atoms with van der Waals surface area (Å²) in [5.74, 6) is 0.678. The van der Waals surface area contributed by atoms with Crippen molar-refractivity contribution in [2.24, 2.45) is 11.7 Å². The van der Waals surface area contributed by atoms with Gasteiger partial charge in [0, 0.05) is 12.6 Å². The van der Waals surface area contributed by atoms with Gasteiger partial charge in [-0.05, 0) is 49.9 Å². The summed E-state index contributed by atoms with van der Waals surface area (Å²) >= 11 is 0. The number of hydrogen-bond acceptors (Lipinski definition) is 2. The zero-order chi connectivity index (χ0) is 14.4. The highest BCUT2D eigenvalue weighted by Crippen LogP contribution is 2.27. The molecule has 2 heteroatoms. The molecule has 0 radical (unpaired) electrons. The largest absolute Gasteiger partial charge is 0.330 e. The summed E-state index contributed by atoms with van der Waals surface area (Å²) in [5.41, 5.74) is 8.85. The fourth-order valence-electron chi connectivity index (χ4n) is 3.51. The highest BCUT2D eigenvalue weighted by atomic mass is 15.1. The molecular formula is C18H30N2. The van der Waals surface area contributed by atoms with E-state index in [2.05, 4.69) is 43.1 Å². The highest BCUT2D eigenvalue weighted by molar-refractivity contribution is 5.22. The van der Waals surface area contributed by atoms with Crippen LogP contribution in [0.5, 0.6) is 0 Å². The number of nitrogens with zero attached hydrogens (tertiary/aromatic N) is 1. The van der Waals surface area contributed by atoms with Gasteiger partial charge in [0.2, 0.25) is 0 Å². The number of benzene rings is 1. The minimum atomic E-state index is 0.661. The summed E-state index contributed by atoms with van der Waals surface area (Å²) in [6, 6.07) is 9.74. The van der Waals surface area contributed by atoms with Gasteiger partial charge in [-0.25, -0.2) is 0 Å². The summed E-state index contributed by atoms with van der Waals surface area (Å²) in [6.45, 7) is 4.09. The van der Waals surface area contributed by atoms with Crippen LogP contribution < -0.4 is 5.73 Å². The standard InChI is InChI=1S/C18H30N2/c1-3-15-9-11-16(12-10-15)14-20(2)18-8-6-4-5-7-17(18)13-19/h9-12,17-18H,3-8,13-14,19H2,1-2H3. The molecule has 0 spiro atoms. The third kappa shape index (κ3) is 4.07. The molecule has 1 aromatic carbocycles. The Labute approximate surface area is 124 Å². The molecule has 0 heterocycles. The van der Waals surface area contributed by atoms with Gasteiger partial charge in [0.1, 0.15) is 0 Å². The van der Waals surface area contributed by atoms with Crippen LogP contribution in [0.25, 0.3) is 0 Å². The van der Waals surface area contributed by atoms with Crippen molar-refractivity contribution in [1.29, 1.82) is 0 Å². The Morgan fingerprint density at radius 1 is 1.05 bits per heavy atom. The lowest BCUT2D eigenvalue weighted by Gasteiger charge is -2.33. The zero-order valence-electron chi connectivity index (χ0n) is 13.1. The first-order valence-electron chi connectivity index (χ1n) is 8.22. The molecule has 2 unspecified atom stereocenters. The number of hydrogen-bond donors (Lipinski definition) is 1. The van der Waals surface area contributed by atoms with Crippen molar-refractivity contribution in [3.8, 4) is 0 Å². The lowest BCUT2D eigenvalue weighted by atomic mass is 9.93. The van der Waals surface area contributed by atoms with Gasteiger partial charge in [-0.3, -0.25) is 4.90 Å². The third-order valence-corrected chi connectivity index (χ3v) is 4.85. The second-order valence-corrected chi connectivity index (χ2v) is 6.29. The van der Waals surface area contributed by atoms with E-state index >= 15 is 0 Å². The van der Waals surface area contributed by atoms with E-state index in [1.165, 1.54) is 43.2 Å². The SMILES string of the molecule is CCc1ccc(CN(C)C2CCCCCC2CN)cc1. The van der Waals surface area contributed by atoms with E-state index in [1.54, 1.807) is 0 Å². The van der Waals surface area contributed by atoms with Crippen LogP contribution in [0.15, 0.2) is 24.3 Å². The van der Waals surface area contributed by atoms with Crippen LogP contribution in [0.2, 0.25) is 0 Å². The van der Waals surface area contributed by atoms with Crippen molar-refractivity contribution in [1.82, 2.24) is 4.90 Å². The number of rotatable bonds is 5. The van der Waals surface area contributed by atoms with E-state index < -0.39 is 0 Å². The minimum absolute atomic E-state index is 0.661. The molecule has 1 aromatic rings. The molecule has 2 rings (SSSR count). The monoisotopic (exact) mass is 274 g/mol. The average Bonchev–Trinajstić information content (AvgIpc) is 2.73. The predicted octanol–water partition coefficient (Wildman–Crippen LogP) is 3.59. The predicted molar refractivity (Wildman–Crippen MR) is 86.7 cm³/mol. The Kier molecular flexibility index (Phi) is 6.06. The van der Waals surface area contributed by atoms with Gasteiger partial charge in [0.05, 0.1) is 0 Å². The lowest BCUT2D eigenvalue weighted by Crippen LogP contribution is -2.40. The van der Waals surface area contributed by atoms with E-state index in [0.717, 1.165) is 19.5 Å². The van der Waals surface area contributed by atoms with Gasteiger partial charge < -0.3 is 5.73 Å². The van der Waals surface area contributed by atoms with Gasteiger partial charge in [0.15, 0.2) is 0 Å². The molecule has 0 amide bonds. The molecule has 2 atom stereocenters. The van der Waals surface area contributed by atoms with Crippen molar-refractivity contribution in [2.45, 2.75) is 58.0 Å². The van der Waals surface area contributed by atoms with Crippen LogP contribution in [-0.4, -0.2) is 24.5 Å². The Morgan fingerprint density at radius 3 is 2.35 bits per heavy atom. The summed E-state index contributed by atoms with van der Waals surface area (Å²) in [4.78, 5) is 2.53. The second-order valence-electron chi connectivity index (χ2n) is 6.29. The lowest BCUT2D eigenvalue weighted by molar-refractivity contribution is 0.161. The number of nitrogens with two attached hydrogens (primary N) is 1. The average molecular weight is 274 g/mol. The minimum Gasteiger partial charge on any atom is -0.330 e. The molecule has 0 aliphatic heterocycles. The Bertz CT molecular complexity index is 385. The molecule has 1 fully saturated rings. The van der Waals surface area contributed by atoms with Crippen molar-refractivity contribution < 1.29 is 0 Å². The summed E-state index contributed by atoms with van der Waals surface area (Å²) in [7, 11) is 2.27. The Hall–Kier alpha value is -0.860. The van der Waals surface area contributed by atoms with E-state index in [0.29, 0.717) is 12.0 Å². The van der Waals surface area contributed by atoms with Crippen molar-refractivity contribution >= 4 is 0 Å². The maximum atomic E-state index is 6.01. The highest BCUT2D eigenvalue weighted by Gasteiger charge is 2.25. The molecule has 2 N–H and O–H groups in total. The molecule has 2 nitrogen and oxygen atoms in total. The molecule has 1 saturated carbocycles. The van der Waals surface area contributed by atoms with E-state index in [1.807, 2.05) is 0 Å². The maximum absolute atomic E-state index is 6.01. The molecule has 1 aliphatic carbocycles. The van der Waals surface area contributed by atoms with Gasteiger partial charge in [0.25, 0.3) is 0 Å². The van der Waals surface area contributed by atoms with Crippen LogP contribution in [0.3, 0.4) is 0 Å². The Balaban J connectivity index is 1.99. The Morgan fingerprint density at radius 2 is 1.70 bits per heavy atom. The molecular weight excluding hydrogens is 244 g/mol. The van der Waals surface area contributed by atoms with E-state index in [4.69, 9.17) is 5.73 Å². The van der Waals surface area contributed by atoms with Gasteiger partial charge in [-0.1, -0.05) is 50.5 Å². The first-order chi connectivity index (χ1) is 9.74. The molecule has 0 aromatic heterocycles. The molecule has 1 aliphatic rings. The molecule has 0 saturated heterocycles. The third-order valence-electron chi connectivity index (χ3n) is 4.85. The fourth-order valence-corrected chi connectivity index (χ4v) is 3.51. The fraction of sp³-hybridized carbons (Fsp3) is 0.667. The van der Waals surface area contributed by atoms with Gasteiger partial charge >= 0.3 is 0 Å². The quantitative estimate of drug-likeness (QED) is 0.831. The first kappa shape index (κ1) is 15.5. The smallest absolute Gasteiger partial charge is 0.0233 e. The van der Waals surface area contributed by atoms with Crippen LogP contribution >= 0.6 is 0 Å². The van der Waals surface area contributed by atoms with Gasteiger partial charge in [-0.15, -0.1) is 0 Å². The van der Waals surface area contributed by atoms with Crippen LogP contribution in [0, 0.1) is 5.92 Å². The molecule has 112 valence electrons. The van der Waals surface area contributed by atoms with Crippen molar-refractivity contribution in [3.05, 3.63) is 35.4 Å². The topological polar surface area (TPSA) is 29.3 Å². The number of aryl methyl sites for hydroxylation is 1.